The van der Waals surface area contributed by atoms with Crippen LogP contribution in [-0.2, 0) is 17.8 Å². The van der Waals surface area contributed by atoms with Gasteiger partial charge in [0.1, 0.15) is 0 Å². The summed E-state index contributed by atoms with van der Waals surface area (Å²) in [6, 6.07) is 14.1. The third-order valence-electron chi connectivity index (χ3n) is 4.51. The van der Waals surface area contributed by atoms with Gasteiger partial charge in [-0.15, -0.1) is 0 Å². The number of rotatable bonds is 8. The lowest BCUT2D eigenvalue weighted by molar-refractivity contribution is -0.121. The van der Waals surface area contributed by atoms with Gasteiger partial charge in [0.15, 0.2) is 0 Å². The van der Waals surface area contributed by atoms with E-state index in [1.807, 2.05) is 31.2 Å². The second-order valence-electron chi connectivity index (χ2n) is 6.45. The molecule has 0 aliphatic heterocycles. The molecule has 2 aromatic carbocycles. The second kappa shape index (κ2) is 9.23. The largest absolute Gasteiger partial charge is 0.394 e. The maximum Gasteiger partial charge on any atom is 0.224 e. The molecule has 134 valence electrons. The molecule has 0 aromatic heterocycles. The zero-order valence-electron chi connectivity index (χ0n) is 15.3. The molecule has 0 spiro atoms. The Kier molecular flexibility index (Phi) is 7.02. The number of amides is 1. The van der Waals surface area contributed by atoms with Crippen LogP contribution in [0.1, 0.15) is 35.6 Å². The van der Waals surface area contributed by atoms with E-state index in [9.17, 15) is 4.79 Å². The highest BCUT2D eigenvalue weighted by Crippen LogP contribution is 2.16. The SMILES string of the molecule is CCC(CO)NC(=O)Cc1ccc(NCc2c(C)cccc2C)cc1. The van der Waals surface area contributed by atoms with Crippen molar-refractivity contribution in [3.63, 3.8) is 0 Å². The van der Waals surface area contributed by atoms with Gasteiger partial charge in [-0.25, -0.2) is 0 Å². The molecule has 0 fully saturated rings. The molecule has 0 radical (unpaired) electrons. The third kappa shape index (κ3) is 5.61. The minimum absolute atomic E-state index is 0.0244. The predicted octanol–water partition coefficient (Wildman–Crippen LogP) is 3.35. The fourth-order valence-electron chi connectivity index (χ4n) is 2.80. The molecule has 4 nitrogen and oxygen atoms in total. The van der Waals surface area contributed by atoms with E-state index in [1.54, 1.807) is 0 Å². The number of hydrogen-bond acceptors (Lipinski definition) is 3. The summed E-state index contributed by atoms with van der Waals surface area (Å²) in [5.41, 5.74) is 5.89. The summed E-state index contributed by atoms with van der Waals surface area (Å²) in [5, 5.41) is 15.4. The quantitative estimate of drug-likeness (QED) is 0.691. The molecule has 25 heavy (non-hydrogen) atoms. The number of aliphatic hydroxyl groups is 1. The number of carbonyl (C=O) groups excluding carboxylic acids is 1. The van der Waals surface area contributed by atoms with Crippen molar-refractivity contribution in [2.75, 3.05) is 11.9 Å². The average molecular weight is 340 g/mol. The van der Waals surface area contributed by atoms with E-state index in [4.69, 9.17) is 5.11 Å². The lowest BCUT2D eigenvalue weighted by Crippen LogP contribution is -2.37. The zero-order chi connectivity index (χ0) is 18.2. The average Bonchev–Trinajstić information content (AvgIpc) is 2.60. The van der Waals surface area contributed by atoms with Crippen molar-refractivity contribution in [3.05, 3.63) is 64.7 Å². The molecule has 1 amide bonds. The molecule has 2 rings (SSSR count). The van der Waals surface area contributed by atoms with E-state index >= 15 is 0 Å². The first-order valence-electron chi connectivity index (χ1n) is 8.81. The third-order valence-corrected chi connectivity index (χ3v) is 4.51. The molecule has 2 aromatic rings. The molecule has 0 saturated carbocycles. The predicted molar refractivity (Wildman–Crippen MR) is 103 cm³/mol. The monoisotopic (exact) mass is 340 g/mol. The van der Waals surface area contributed by atoms with Crippen LogP contribution in [-0.4, -0.2) is 23.7 Å². The number of aliphatic hydroxyl groups excluding tert-OH is 1. The van der Waals surface area contributed by atoms with Crippen LogP contribution in [0.2, 0.25) is 0 Å². The Morgan fingerprint density at radius 1 is 1.08 bits per heavy atom. The Balaban J connectivity index is 1.90. The van der Waals surface area contributed by atoms with E-state index in [2.05, 4.69) is 42.7 Å². The summed E-state index contributed by atoms with van der Waals surface area (Å²) in [6.07, 6.45) is 1.05. The number of carbonyl (C=O) groups is 1. The van der Waals surface area contributed by atoms with E-state index < -0.39 is 0 Å². The van der Waals surface area contributed by atoms with Gasteiger partial charge in [-0.1, -0.05) is 37.3 Å². The molecule has 0 aliphatic rings. The Morgan fingerprint density at radius 2 is 1.72 bits per heavy atom. The summed E-state index contributed by atoms with van der Waals surface area (Å²) in [6.45, 7) is 6.96. The molecule has 0 aliphatic carbocycles. The fourth-order valence-corrected chi connectivity index (χ4v) is 2.80. The summed E-state index contributed by atoms with van der Waals surface area (Å²) >= 11 is 0. The summed E-state index contributed by atoms with van der Waals surface area (Å²) in [5.74, 6) is -0.0582. The van der Waals surface area contributed by atoms with Gasteiger partial charge in [0.25, 0.3) is 0 Å². The normalized spacial score (nSPS) is 11.8. The topological polar surface area (TPSA) is 61.4 Å². The molecule has 1 atom stereocenters. The van der Waals surface area contributed by atoms with Crippen LogP contribution < -0.4 is 10.6 Å². The highest BCUT2D eigenvalue weighted by molar-refractivity contribution is 5.79. The van der Waals surface area contributed by atoms with Crippen LogP contribution >= 0.6 is 0 Å². The Bertz CT molecular complexity index is 671. The number of hydrogen-bond donors (Lipinski definition) is 3. The van der Waals surface area contributed by atoms with Gasteiger partial charge in [0.05, 0.1) is 19.1 Å². The number of aryl methyl sites for hydroxylation is 2. The number of anilines is 1. The molecule has 3 N–H and O–H groups in total. The van der Waals surface area contributed by atoms with Crippen LogP contribution in [0.25, 0.3) is 0 Å². The zero-order valence-corrected chi connectivity index (χ0v) is 15.3. The Hall–Kier alpha value is -2.33. The Morgan fingerprint density at radius 3 is 2.28 bits per heavy atom. The fraction of sp³-hybridized carbons (Fsp3) is 0.381. The molecule has 0 saturated heterocycles. The lowest BCUT2D eigenvalue weighted by atomic mass is 10.0. The van der Waals surface area contributed by atoms with E-state index in [-0.39, 0.29) is 18.6 Å². The number of nitrogens with one attached hydrogen (secondary N) is 2. The molecule has 4 heteroatoms. The van der Waals surface area contributed by atoms with Crippen molar-refractivity contribution >= 4 is 11.6 Å². The summed E-state index contributed by atoms with van der Waals surface area (Å²) in [4.78, 5) is 12.0. The maximum atomic E-state index is 12.0. The van der Waals surface area contributed by atoms with Gasteiger partial charge in [-0.05, 0) is 54.7 Å². The minimum Gasteiger partial charge on any atom is -0.394 e. The van der Waals surface area contributed by atoms with Gasteiger partial charge in [-0.2, -0.15) is 0 Å². The minimum atomic E-state index is -0.161. The van der Waals surface area contributed by atoms with Crippen LogP contribution in [0, 0.1) is 13.8 Å². The van der Waals surface area contributed by atoms with E-state index in [0.717, 1.165) is 24.2 Å². The molecular weight excluding hydrogens is 312 g/mol. The Labute approximate surface area is 150 Å². The van der Waals surface area contributed by atoms with Gasteiger partial charge >= 0.3 is 0 Å². The first-order valence-corrected chi connectivity index (χ1v) is 8.81. The van der Waals surface area contributed by atoms with Crippen molar-refractivity contribution in [3.8, 4) is 0 Å². The highest BCUT2D eigenvalue weighted by Gasteiger charge is 2.09. The van der Waals surface area contributed by atoms with Crippen LogP contribution in [0.15, 0.2) is 42.5 Å². The first-order chi connectivity index (χ1) is 12.0. The lowest BCUT2D eigenvalue weighted by Gasteiger charge is -2.14. The van der Waals surface area contributed by atoms with Crippen molar-refractivity contribution in [1.29, 1.82) is 0 Å². The van der Waals surface area contributed by atoms with Crippen molar-refractivity contribution in [1.82, 2.24) is 5.32 Å². The highest BCUT2D eigenvalue weighted by atomic mass is 16.3. The smallest absolute Gasteiger partial charge is 0.224 e. The maximum absolute atomic E-state index is 12.0. The van der Waals surface area contributed by atoms with Gasteiger partial charge in [0, 0.05) is 12.2 Å². The molecular formula is C21H28N2O2. The second-order valence-corrected chi connectivity index (χ2v) is 6.45. The molecule has 1 unspecified atom stereocenters. The van der Waals surface area contributed by atoms with Gasteiger partial charge < -0.3 is 15.7 Å². The van der Waals surface area contributed by atoms with Crippen LogP contribution in [0.3, 0.4) is 0 Å². The summed E-state index contributed by atoms with van der Waals surface area (Å²) in [7, 11) is 0. The summed E-state index contributed by atoms with van der Waals surface area (Å²) < 4.78 is 0. The van der Waals surface area contributed by atoms with Crippen LogP contribution in [0.5, 0.6) is 0 Å². The van der Waals surface area contributed by atoms with E-state index in [1.165, 1.54) is 16.7 Å². The van der Waals surface area contributed by atoms with Gasteiger partial charge in [-0.3, -0.25) is 4.79 Å². The van der Waals surface area contributed by atoms with Crippen molar-refractivity contribution in [2.24, 2.45) is 0 Å². The number of benzene rings is 2. The van der Waals surface area contributed by atoms with Crippen LogP contribution in [0.4, 0.5) is 5.69 Å². The van der Waals surface area contributed by atoms with Crippen molar-refractivity contribution < 1.29 is 9.90 Å². The van der Waals surface area contributed by atoms with E-state index in [0.29, 0.717) is 6.42 Å². The molecule has 0 bridgehead atoms. The molecule has 0 heterocycles. The first kappa shape index (κ1) is 19.0. The van der Waals surface area contributed by atoms with Crippen molar-refractivity contribution in [2.45, 2.75) is 46.2 Å². The standard InChI is InChI=1S/C21H28N2O2/c1-4-18(14-24)23-21(25)12-17-8-10-19(11-9-17)22-13-20-15(2)6-5-7-16(20)3/h5-11,18,22,24H,4,12-14H2,1-3H3,(H,23,25). The van der Waals surface area contributed by atoms with Gasteiger partial charge in [0.2, 0.25) is 5.91 Å².